The Morgan fingerprint density at radius 2 is 1.82 bits per heavy atom. The number of aryl methyl sites for hydroxylation is 1. The molecule has 6 nitrogen and oxygen atoms in total. The van der Waals surface area contributed by atoms with Crippen molar-refractivity contribution in [2.45, 2.75) is 26.4 Å². The number of hydrogen-bond donors (Lipinski definition) is 1. The van der Waals surface area contributed by atoms with E-state index in [0.717, 1.165) is 17.1 Å². The number of aromatic nitrogens is 4. The molecule has 0 saturated heterocycles. The summed E-state index contributed by atoms with van der Waals surface area (Å²) in [6, 6.07) is 14.4. The number of nitrogens with one attached hydrogen (secondary N) is 1. The summed E-state index contributed by atoms with van der Waals surface area (Å²) >= 11 is 0. The van der Waals surface area contributed by atoms with Crippen molar-refractivity contribution >= 4 is 0 Å². The van der Waals surface area contributed by atoms with E-state index in [1.807, 2.05) is 17.7 Å². The normalized spacial score (nSPS) is 12.2. The molecular formula is C21H20FN5O. The van der Waals surface area contributed by atoms with Crippen molar-refractivity contribution in [2.24, 2.45) is 0 Å². The Morgan fingerprint density at radius 3 is 2.50 bits per heavy atom. The van der Waals surface area contributed by atoms with E-state index in [1.54, 1.807) is 18.3 Å². The molecule has 2 aromatic carbocycles. The maximum atomic E-state index is 13.0. The molecule has 0 fully saturated rings. The Morgan fingerprint density at radius 1 is 1.07 bits per heavy atom. The molecule has 142 valence electrons. The standard InChI is InChI=1S/C21H20FN5O/c1-14(16-5-9-19(10-6-16)27-12-11-23-15(27)2)24-13-20-25-26-21(28-20)17-3-7-18(22)8-4-17/h3-12,14,24H,13H2,1-2H3/t14-/m1/s1. The molecule has 0 bridgehead atoms. The third-order valence-corrected chi connectivity index (χ3v) is 4.61. The van der Waals surface area contributed by atoms with Gasteiger partial charge in [0, 0.05) is 29.7 Å². The Bertz CT molecular complexity index is 1050. The minimum atomic E-state index is -0.298. The van der Waals surface area contributed by atoms with E-state index >= 15 is 0 Å². The molecule has 0 aliphatic heterocycles. The van der Waals surface area contributed by atoms with Gasteiger partial charge in [-0.1, -0.05) is 12.1 Å². The highest BCUT2D eigenvalue weighted by atomic mass is 19.1. The first-order valence-corrected chi connectivity index (χ1v) is 9.02. The average molecular weight is 377 g/mol. The van der Waals surface area contributed by atoms with Crippen LogP contribution in [0.25, 0.3) is 17.1 Å². The van der Waals surface area contributed by atoms with E-state index in [-0.39, 0.29) is 11.9 Å². The average Bonchev–Trinajstić information content (AvgIpc) is 3.36. The second kappa shape index (κ2) is 7.74. The highest BCUT2D eigenvalue weighted by molar-refractivity contribution is 5.51. The van der Waals surface area contributed by atoms with Crippen LogP contribution in [0.2, 0.25) is 0 Å². The molecule has 0 aliphatic rings. The van der Waals surface area contributed by atoms with Gasteiger partial charge >= 0.3 is 0 Å². The molecule has 0 amide bonds. The first kappa shape index (κ1) is 18.1. The van der Waals surface area contributed by atoms with E-state index in [4.69, 9.17) is 4.42 Å². The van der Waals surface area contributed by atoms with Crippen molar-refractivity contribution in [2.75, 3.05) is 0 Å². The van der Waals surface area contributed by atoms with Crippen LogP contribution < -0.4 is 5.32 Å². The lowest BCUT2D eigenvalue weighted by Gasteiger charge is -2.14. The Labute approximate surface area is 162 Å². The first-order chi connectivity index (χ1) is 13.6. The first-order valence-electron chi connectivity index (χ1n) is 9.02. The summed E-state index contributed by atoms with van der Waals surface area (Å²) < 4.78 is 20.7. The fourth-order valence-corrected chi connectivity index (χ4v) is 2.97. The highest BCUT2D eigenvalue weighted by Crippen LogP contribution is 2.20. The number of nitrogens with zero attached hydrogens (tertiary/aromatic N) is 4. The minimum absolute atomic E-state index is 0.110. The summed E-state index contributed by atoms with van der Waals surface area (Å²) in [5.74, 6) is 1.52. The smallest absolute Gasteiger partial charge is 0.247 e. The van der Waals surface area contributed by atoms with E-state index in [1.165, 1.54) is 12.1 Å². The molecule has 0 unspecified atom stereocenters. The van der Waals surface area contributed by atoms with Gasteiger partial charge in [-0.25, -0.2) is 9.37 Å². The SMILES string of the molecule is Cc1nccn1-c1ccc([C@@H](C)NCc2nnc(-c3ccc(F)cc3)o2)cc1. The van der Waals surface area contributed by atoms with Gasteiger partial charge in [-0.2, -0.15) is 0 Å². The van der Waals surface area contributed by atoms with Gasteiger partial charge in [0.15, 0.2) is 0 Å². The van der Waals surface area contributed by atoms with Gasteiger partial charge in [0.05, 0.1) is 6.54 Å². The number of rotatable bonds is 6. The molecule has 28 heavy (non-hydrogen) atoms. The second-order valence-electron chi connectivity index (χ2n) is 6.55. The Kier molecular flexibility index (Phi) is 4.99. The van der Waals surface area contributed by atoms with Gasteiger partial charge in [0.2, 0.25) is 11.8 Å². The van der Waals surface area contributed by atoms with Crippen LogP contribution in [-0.2, 0) is 6.54 Å². The number of imidazole rings is 1. The number of halogens is 1. The predicted octanol–water partition coefficient (Wildman–Crippen LogP) is 4.22. The molecule has 2 heterocycles. The molecule has 1 N–H and O–H groups in total. The zero-order valence-corrected chi connectivity index (χ0v) is 15.6. The Hall–Kier alpha value is -3.32. The van der Waals surface area contributed by atoms with Crippen LogP contribution in [0.1, 0.15) is 30.2 Å². The molecule has 2 aromatic heterocycles. The van der Waals surface area contributed by atoms with E-state index in [9.17, 15) is 4.39 Å². The number of benzene rings is 2. The van der Waals surface area contributed by atoms with Crippen LogP contribution in [0.15, 0.2) is 65.3 Å². The monoisotopic (exact) mass is 377 g/mol. The van der Waals surface area contributed by atoms with Crippen LogP contribution in [0, 0.1) is 12.7 Å². The molecule has 0 aliphatic carbocycles. The van der Waals surface area contributed by atoms with Gasteiger partial charge in [0.25, 0.3) is 0 Å². The molecule has 7 heteroatoms. The van der Waals surface area contributed by atoms with Crippen LogP contribution in [0.3, 0.4) is 0 Å². The van der Waals surface area contributed by atoms with Gasteiger partial charge in [-0.05, 0) is 55.8 Å². The fourth-order valence-electron chi connectivity index (χ4n) is 2.97. The quantitative estimate of drug-likeness (QED) is 0.545. The largest absolute Gasteiger partial charge is 0.419 e. The van der Waals surface area contributed by atoms with Gasteiger partial charge in [-0.15, -0.1) is 10.2 Å². The predicted molar refractivity (Wildman–Crippen MR) is 103 cm³/mol. The minimum Gasteiger partial charge on any atom is -0.419 e. The maximum Gasteiger partial charge on any atom is 0.247 e. The lowest BCUT2D eigenvalue weighted by Crippen LogP contribution is -2.18. The molecule has 1 atom stereocenters. The second-order valence-corrected chi connectivity index (χ2v) is 6.55. The highest BCUT2D eigenvalue weighted by Gasteiger charge is 2.11. The lowest BCUT2D eigenvalue weighted by atomic mass is 10.1. The van der Waals surface area contributed by atoms with Crippen molar-refractivity contribution in [1.82, 2.24) is 25.1 Å². The van der Waals surface area contributed by atoms with Crippen LogP contribution in [0.4, 0.5) is 4.39 Å². The molecule has 0 radical (unpaired) electrons. The van der Waals surface area contributed by atoms with Gasteiger partial charge in [0.1, 0.15) is 11.6 Å². The van der Waals surface area contributed by atoms with E-state index in [2.05, 4.69) is 51.7 Å². The van der Waals surface area contributed by atoms with Crippen molar-refractivity contribution in [3.8, 4) is 17.1 Å². The summed E-state index contributed by atoms with van der Waals surface area (Å²) in [6.07, 6.45) is 3.73. The zero-order chi connectivity index (χ0) is 19.5. The summed E-state index contributed by atoms with van der Waals surface area (Å²) in [6.45, 7) is 4.50. The molecule has 0 spiro atoms. The molecule has 4 rings (SSSR count). The van der Waals surface area contributed by atoms with Crippen LogP contribution in [-0.4, -0.2) is 19.7 Å². The van der Waals surface area contributed by atoms with Gasteiger partial charge < -0.3 is 14.3 Å². The summed E-state index contributed by atoms with van der Waals surface area (Å²) in [5, 5.41) is 11.5. The summed E-state index contributed by atoms with van der Waals surface area (Å²) in [7, 11) is 0. The maximum absolute atomic E-state index is 13.0. The third kappa shape index (κ3) is 3.84. The topological polar surface area (TPSA) is 68.8 Å². The summed E-state index contributed by atoms with van der Waals surface area (Å²) in [4.78, 5) is 4.25. The number of hydrogen-bond acceptors (Lipinski definition) is 5. The van der Waals surface area contributed by atoms with Crippen molar-refractivity contribution in [3.05, 3.63) is 84.0 Å². The molecular weight excluding hydrogens is 357 g/mol. The molecule has 0 saturated carbocycles. The zero-order valence-electron chi connectivity index (χ0n) is 15.6. The van der Waals surface area contributed by atoms with Gasteiger partial charge in [-0.3, -0.25) is 0 Å². The van der Waals surface area contributed by atoms with Crippen molar-refractivity contribution < 1.29 is 8.81 Å². The van der Waals surface area contributed by atoms with Crippen LogP contribution >= 0.6 is 0 Å². The fraction of sp³-hybridized carbons (Fsp3) is 0.190. The molecule has 4 aromatic rings. The third-order valence-electron chi connectivity index (χ3n) is 4.61. The van der Waals surface area contributed by atoms with Crippen LogP contribution in [0.5, 0.6) is 0 Å². The lowest BCUT2D eigenvalue weighted by molar-refractivity contribution is 0.454. The Balaban J connectivity index is 1.38. The van der Waals surface area contributed by atoms with E-state index in [0.29, 0.717) is 23.9 Å². The summed E-state index contributed by atoms with van der Waals surface area (Å²) in [5.41, 5.74) is 2.92. The van der Waals surface area contributed by atoms with Crippen molar-refractivity contribution in [3.63, 3.8) is 0 Å². The van der Waals surface area contributed by atoms with E-state index < -0.39 is 0 Å². The van der Waals surface area contributed by atoms with Crippen molar-refractivity contribution in [1.29, 1.82) is 0 Å².